The zero-order chi connectivity index (χ0) is 14.5. The summed E-state index contributed by atoms with van der Waals surface area (Å²) in [6.45, 7) is 0. The van der Waals surface area contributed by atoms with Crippen molar-refractivity contribution in [3.05, 3.63) is 59.4 Å². The van der Waals surface area contributed by atoms with Crippen molar-refractivity contribution < 1.29 is 19.0 Å². The van der Waals surface area contributed by atoms with E-state index in [1.54, 1.807) is 24.3 Å². The van der Waals surface area contributed by atoms with Crippen LogP contribution in [0.1, 0.15) is 15.9 Å². The molecule has 20 heavy (non-hydrogen) atoms. The van der Waals surface area contributed by atoms with Crippen molar-refractivity contribution in [2.24, 2.45) is 0 Å². The van der Waals surface area contributed by atoms with Crippen LogP contribution < -0.4 is 4.74 Å². The van der Waals surface area contributed by atoms with E-state index in [2.05, 4.69) is 0 Å². The Morgan fingerprint density at radius 1 is 1.25 bits per heavy atom. The molecule has 0 saturated carbocycles. The zero-order valence-corrected chi connectivity index (χ0v) is 11.6. The van der Waals surface area contributed by atoms with Gasteiger partial charge in [-0.3, -0.25) is 0 Å². The fourth-order valence-electron chi connectivity index (χ4n) is 1.63. The lowest BCUT2D eigenvalue weighted by molar-refractivity contribution is 0.0697. The number of rotatable bonds is 5. The van der Waals surface area contributed by atoms with Crippen LogP contribution in [-0.2, 0) is 5.75 Å². The third-order valence-electron chi connectivity index (χ3n) is 2.76. The van der Waals surface area contributed by atoms with Gasteiger partial charge in [0.1, 0.15) is 11.6 Å². The van der Waals surface area contributed by atoms with E-state index in [0.717, 1.165) is 4.90 Å². The van der Waals surface area contributed by atoms with Crippen LogP contribution >= 0.6 is 11.8 Å². The molecule has 2 aromatic carbocycles. The van der Waals surface area contributed by atoms with Crippen LogP contribution in [0.2, 0.25) is 0 Å². The zero-order valence-electron chi connectivity index (χ0n) is 10.8. The number of carbonyl (C=O) groups is 1. The predicted molar refractivity (Wildman–Crippen MR) is 75.9 cm³/mol. The summed E-state index contributed by atoms with van der Waals surface area (Å²) in [6, 6.07) is 11.3. The second kappa shape index (κ2) is 6.43. The highest BCUT2D eigenvalue weighted by atomic mass is 32.2. The number of thioether (sulfide) groups is 1. The summed E-state index contributed by atoms with van der Waals surface area (Å²) in [5.41, 5.74) is 0.822. The van der Waals surface area contributed by atoms with E-state index in [1.165, 1.54) is 37.1 Å². The Balaban J connectivity index is 2.03. The van der Waals surface area contributed by atoms with Crippen molar-refractivity contribution in [3.63, 3.8) is 0 Å². The lowest BCUT2D eigenvalue weighted by Gasteiger charge is -2.06. The molecule has 0 aliphatic heterocycles. The average molecular weight is 292 g/mol. The van der Waals surface area contributed by atoms with Gasteiger partial charge in [0.25, 0.3) is 0 Å². The molecular weight excluding hydrogens is 279 g/mol. The van der Waals surface area contributed by atoms with Gasteiger partial charge in [-0.2, -0.15) is 0 Å². The molecule has 0 atom stereocenters. The molecule has 0 aliphatic carbocycles. The van der Waals surface area contributed by atoms with Crippen molar-refractivity contribution in [2.45, 2.75) is 10.6 Å². The fourth-order valence-corrected chi connectivity index (χ4v) is 2.51. The second-order valence-electron chi connectivity index (χ2n) is 4.08. The van der Waals surface area contributed by atoms with Crippen molar-refractivity contribution >= 4 is 17.7 Å². The van der Waals surface area contributed by atoms with Gasteiger partial charge in [0, 0.05) is 16.7 Å². The molecule has 2 rings (SSSR count). The highest BCUT2D eigenvalue weighted by Gasteiger charge is 2.06. The van der Waals surface area contributed by atoms with E-state index >= 15 is 0 Å². The molecule has 2 aromatic rings. The third-order valence-corrected chi connectivity index (χ3v) is 3.82. The van der Waals surface area contributed by atoms with Crippen LogP contribution in [0.5, 0.6) is 5.75 Å². The molecule has 0 fully saturated rings. The summed E-state index contributed by atoms with van der Waals surface area (Å²) < 4.78 is 18.7. The van der Waals surface area contributed by atoms with Gasteiger partial charge in [-0.25, -0.2) is 9.18 Å². The number of hydrogen-bond donors (Lipinski definition) is 1. The maximum Gasteiger partial charge on any atom is 0.335 e. The molecule has 0 unspecified atom stereocenters. The van der Waals surface area contributed by atoms with Crippen molar-refractivity contribution in [3.8, 4) is 5.75 Å². The Kier molecular flexibility index (Phi) is 4.63. The van der Waals surface area contributed by atoms with Crippen LogP contribution in [0.25, 0.3) is 0 Å². The quantitative estimate of drug-likeness (QED) is 0.851. The summed E-state index contributed by atoms with van der Waals surface area (Å²) in [7, 11) is 1.49. The van der Waals surface area contributed by atoms with E-state index in [1.807, 2.05) is 0 Å². The molecule has 0 aromatic heterocycles. The van der Waals surface area contributed by atoms with Crippen LogP contribution in [0.3, 0.4) is 0 Å². The molecule has 104 valence electrons. The lowest BCUT2D eigenvalue weighted by Crippen LogP contribution is -1.95. The molecule has 3 nitrogen and oxygen atoms in total. The fraction of sp³-hybridized carbons (Fsp3) is 0.133. The second-order valence-corrected chi connectivity index (χ2v) is 5.12. The van der Waals surface area contributed by atoms with Gasteiger partial charge in [0.15, 0.2) is 0 Å². The van der Waals surface area contributed by atoms with E-state index in [0.29, 0.717) is 17.1 Å². The van der Waals surface area contributed by atoms with E-state index < -0.39 is 5.97 Å². The number of hydrogen-bond acceptors (Lipinski definition) is 3. The number of benzene rings is 2. The van der Waals surface area contributed by atoms with E-state index in [4.69, 9.17) is 9.84 Å². The highest BCUT2D eigenvalue weighted by Crippen LogP contribution is 2.26. The Morgan fingerprint density at radius 3 is 2.50 bits per heavy atom. The lowest BCUT2D eigenvalue weighted by atomic mass is 10.2. The molecule has 0 heterocycles. The predicted octanol–water partition coefficient (Wildman–Crippen LogP) is 3.82. The van der Waals surface area contributed by atoms with Crippen LogP contribution in [0.4, 0.5) is 4.39 Å². The summed E-state index contributed by atoms with van der Waals surface area (Å²) >= 11 is 1.45. The molecule has 5 heteroatoms. The Labute approximate surface area is 120 Å². The van der Waals surface area contributed by atoms with Gasteiger partial charge in [-0.1, -0.05) is 6.07 Å². The first kappa shape index (κ1) is 14.4. The number of carboxylic acids is 1. The summed E-state index contributed by atoms with van der Waals surface area (Å²) in [5, 5.41) is 8.80. The number of aromatic carboxylic acids is 1. The molecule has 0 bridgehead atoms. The van der Waals surface area contributed by atoms with Gasteiger partial charge >= 0.3 is 5.97 Å². The number of carboxylic acid groups (broad SMARTS) is 1. The van der Waals surface area contributed by atoms with E-state index in [9.17, 15) is 9.18 Å². The minimum atomic E-state index is -0.956. The highest BCUT2D eigenvalue weighted by molar-refractivity contribution is 7.98. The SMILES string of the molecule is COc1ccc(CSc2ccc(C(=O)O)cc2)c(F)c1. The molecule has 0 saturated heterocycles. The van der Waals surface area contributed by atoms with Crippen molar-refractivity contribution in [1.82, 2.24) is 0 Å². The first-order valence-electron chi connectivity index (χ1n) is 5.88. The molecule has 0 amide bonds. The largest absolute Gasteiger partial charge is 0.497 e. The normalized spacial score (nSPS) is 10.3. The number of halogens is 1. The monoisotopic (exact) mass is 292 g/mol. The maximum absolute atomic E-state index is 13.7. The van der Waals surface area contributed by atoms with Crippen molar-refractivity contribution in [2.75, 3.05) is 7.11 Å². The van der Waals surface area contributed by atoms with Gasteiger partial charge < -0.3 is 9.84 Å². The summed E-state index contributed by atoms with van der Waals surface area (Å²) in [5.74, 6) is -0.300. The maximum atomic E-state index is 13.7. The number of ether oxygens (including phenoxy) is 1. The molecule has 0 aliphatic rings. The van der Waals surface area contributed by atoms with E-state index in [-0.39, 0.29) is 11.4 Å². The van der Waals surface area contributed by atoms with Gasteiger partial charge in [0.2, 0.25) is 0 Å². The third kappa shape index (κ3) is 3.51. The van der Waals surface area contributed by atoms with Gasteiger partial charge in [-0.05, 0) is 35.9 Å². The number of methoxy groups -OCH3 is 1. The topological polar surface area (TPSA) is 46.5 Å². The van der Waals surface area contributed by atoms with Crippen LogP contribution in [0, 0.1) is 5.82 Å². The Hall–Kier alpha value is -2.01. The minimum absolute atomic E-state index is 0.241. The van der Waals surface area contributed by atoms with Crippen LogP contribution in [-0.4, -0.2) is 18.2 Å². The summed E-state index contributed by atoms with van der Waals surface area (Å²) in [4.78, 5) is 11.6. The smallest absolute Gasteiger partial charge is 0.335 e. The Morgan fingerprint density at radius 2 is 1.95 bits per heavy atom. The van der Waals surface area contributed by atoms with Gasteiger partial charge in [0.05, 0.1) is 12.7 Å². The minimum Gasteiger partial charge on any atom is -0.497 e. The molecule has 0 radical (unpaired) electrons. The molecule has 0 spiro atoms. The average Bonchev–Trinajstić information content (AvgIpc) is 2.46. The molecular formula is C15H13FO3S. The van der Waals surface area contributed by atoms with Crippen molar-refractivity contribution in [1.29, 1.82) is 0 Å². The standard InChI is InChI=1S/C15H13FO3S/c1-19-12-5-2-11(14(16)8-12)9-20-13-6-3-10(4-7-13)15(17)18/h2-8H,9H2,1H3,(H,17,18). The van der Waals surface area contributed by atoms with Crippen LogP contribution in [0.15, 0.2) is 47.4 Å². The Bertz CT molecular complexity index is 611. The van der Waals surface area contributed by atoms with Gasteiger partial charge in [-0.15, -0.1) is 11.8 Å². The first-order valence-corrected chi connectivity index (χ1v) is 6.87. The summed E-state index contributed by atoms with van der Waals surface area (Å²) in [6.07, 6.45) is 0. The molecule has 1 N–H and O–H groups in total. The first-order chi connectivity index (χ1) is 9.60.